The molecule has 0 aliphatic rings. The Kier molecular flexibility index (Phi) is 4.34. The van der Waals surface area contributed by atoms with Crippen LogP contribution in [0.1, 0.15) is 0 Å². The topological polar surface area (TPSA) is 13.1 Å². The fourth-order valence-corrected chi connectivity index (χ4v) is 0.623. The van der Waals surface area contributed by atoms with Crippen LogP contribution in [0.15, 0.2) is 24.5 Å². The number of pyridine rings is 1. The Labute approximate surface area is 77.8 Å². The minimum absolute atomic E-state index is 0. The van der Waals surface area contributed by atoms with Gasteiger partial charge in [0, 0.05) is 12.1 Å². The standard InChI is InChI=1S/C7H10NO.HI/c1-8-5-3-7(9-2)4-6-8;/h3-6H,1-2H3;1H/q+1;/p-1. The van der Waals surface area contributed by atoms with Crippen molar-refractivity contribution in [1.29, 1.82) is 0 Å². The lowest BCUT2D eigenvalue weighted by Gasteiger charge is -1.93. The lowest BCUT2D eigenvalue weighted by molar-refractivity contribution is -0.671. The molecule has 0 unspecified atom stereocenters. The summed E-state index contributed by atoms with van der Waals surface area (Å²) in [5.41, 5.74) is 0. The molecule has 0 saturated carbocycles. The SMILES string of the molecule is COc1cc[n+](C)cc1.[I-]. The first-order chi connectivity index (χ1) is 4.33. The van der Waals surface area contributed by atoms with Gasteiger partial charge in [-0.3, -0.25) is 0 Å². The van der Waals surface area contributed by atoms with E-state index in [9.17, 15) is 0 Å². The third-order valence-electron chi connectivity index (χ3n) is 1.18. The first-order valence-electron chi connectivity index (χ1n) is 2.82. The average molecular weight is 251 g/mol. The number of ether oxygens (including phenoxy) is 1. The molecule has 0 N–H and O–H groups in total. The molecule has 0 bridgehead atoms. The van der Waals surface area contributed by atoms with E-state index >= 15 is 0 Å². The zero-order valence-electron chi connectivity index (χ0n) is 6.04. The van der Waals surface area contributed by atoms with Gasteiger partial charge in [-0.2, -0.15) is 0 Å². The van der Waals surface area contributed by atoms with Crippen molar-refractivity contribution in [3.63, 3.8) is 0 Å². The first kappa shape index (κ1) is 9.68. The number of hydrogen-bond donors (Lipinski definition) is 0. The average Bonchev–Trinajstić information content (AvgIpc) is 1.90. The van der Waals surface area contributed by atoms with Crippen molar-refractivity contribution >= 4 is 0 Å². The zero-order valence-corrected chi connectivity index (χ0v) is 8.20. The van der Waals surface area contributed by atoms with E-state index in [1.807, 2.05) is 36.1 Å². The van der Waals surface area contributed by atoms with Crippen molar-refractivity contribution in [1.82, 2.24) is 0 Å². The molecule has 0 radical (unpaired) electrons. The highest BCUT2D eigenvalue weighted by molar-refractivity contribution is 5.14. The Morgan fingerprint density at radius 1 is 1.30 bits per heavy atom. The van der Waals surface area contributed by atoms with Gasteiger partial charge in [0.05, 0.1) is 7.11 Å². The summed E-state index contributed by atoms with van der Waals surface area (Å²) in [4.78, 5) is 0. The van der Waals surface area contributed by atoms with Crippen molar-refractivity contribution < 1.29 is 33.3 Å². The molecule has 1 aromatic rings. The zero-order chi connectivity index (χ0) is 6.69. The molecule has 2 nitrogen and oxygen atoms in total. The molecule has 0 amide bonds. The first-order valence-corrected chi connectivity index (χ1v) is 2.82. The Morgan fingerprint density at radius 2 is 1.80 bits per heavy atom. The minimum atomic E-state index is 0. The van der Waals surface area contributed by atoms with Gasteiger partial charge in [-0.1, -0.05) is 0 Å². The maximum Gasteiger partial charge on any atom is 0.172 e. The third-order valence-corrected chi connectivity index (χ3v) is 1.18. The number of nitrogens with zero attached hydrogens (tertiary/aromatic N) is 1. The van der Waals surface area contributed by atoms with Gasteiger partial charge in [0.1, 0.15) is 12.8 Å². The highest BCUT2D eigenvalue weighted by Gasteiger charge is 1.91. The van der Waals surface area contributed by atoms with Gasteiger partial charge >= 0.3 is 0 Å². The second-order valence-electron chi connectivity index (χ2n) is 1.90. The lowest BCUT2D eigenvalue weighted by Crippen LogP contribution is -3.00. The fourth-order valence-electron chi connectivity index (χ4n) is 0.623. The van der Waals surface area contributed by atoms with Crippen molar-refractivity contribution in [2.45, 2.75) is 0 Å². The van der Waals surface area contributed by atoms with Crippen molar-refractivity contribution in [3.05, 3.63) is 24.5 Å². The van der Waals surface area contributed by atoms with Gasteiger partial charge in [-0.25, -0.2) is 4.57 Å². The van der Waals surface area contributed by atoms with Gasteiger partial charge in [-0.15, -0.1) is 0 Å². The number of aromatic nitrogens is 1. The number of hydrogen-bond acceptors (Lipinski definition) is 1. The van der Waals surface area contributed by atoms with Crippen LogP contribution in [0.2, 0.25) is 0 Å². The van der Waals surface area contributed by atoms with Crippen LogP contribution in [0, 0.1) is 0 Å². The van der Waals surface area contributed by atoms with Crippen LogP contribution in [0.3, 0.4) is 0 Å². The van der Waals surface area contributed by atoms with Crippen LogP contribution in [0.5, 0.6) is 5.75 Å². The maximum absolute atomic E-state index is 4.96. The molecule has 0 saturated heterocycles. The maximum atomic E-state index is 4.96. The van der Waals surface area contributed by atoms with Crippen LogP contribution in [0.4, 0.5) is 0 Å². The molecular weight excluding hydrogens is 241 g/mol. The van der Waals surface area contributed by atoms with Crippen LogP contribution >= 0.6 is 0 Å². The van der Waals surface area contributed by atoms with Crippen LogP contribution in [-0.2, 0) is 7.05 Å². The van der Waals surface area contributed by atoms with Crippen LogP contribution in [0.25, 0.3) is 0 Å². The minimum Gasteiger partial charge on any atom is -1.00 e. The van der Waals surface area contributed by atoms with Gasteiger partial charge in [0.25, 0.3) is 0 Å². The Bertz CT molecular complexity index is 185. The van der Waals surface area contributed by atoms with Crippen molar-refractivity contribution in [3.8, 4) is 5.75 Å². The molecule has 0 fully saturated rings. The molecule has 0 atom stereocenters. The summed E-state index contributed by atoms with van der Waals surface area (Å²) < 4.78 is 6.92. The highest BCUT2D eigenvalue weighted by Crippen LogP contribution is 2.02. The molecule has 1 aromatic heterocycles. The predicted octanol–water partition coefficient (Wildman–Crippen LogP) is -2.48. The molecule has 0 aliphatic heterocycles. The molecule has 1 heterocycles. The largest absolute Gasteiger partial charge is 1.00 e. The van der Waals surface area contributed by atoms with Gasteiger partial charge < -0.3 is 28.7 Å². The second-order valence-corrected chi connectivity index (χ2v) is 1.90. The molecule has 1 rings (SSSR count). The van der Waals surface area contributed by atoms with E-state index in [1.165, 1.54) is 0 Å². The lowest BCUT2D eigenvalue weighted by atomic mass is 10.4. The quantitative estimate of drug-likeness (QED) is 0.398. The highest BCUT2D eigenvalue weighted by atomic mass is 127. The van der Waals surface area contributed by atoms with Crippen LogP contribution < -0.4 is 33.3 Å². The smallest absolute Gasteiger partial charge is 0.172 e. The van der Waals surface area contributed by atoms with Gasteiger partial charge in [0.2, 0.25) is 0 Å². The number of aryl methyl sites for hydroxylation is 1. The number of rotatable bonds is 1. The van der Waals surface area contributed by atoms with E-state index in [0.717, 1.165) is 5.75 Å². The van der Waals surface area contributed by atoms with Gasteiger partial charge in [-0.05, 0) is 0 Å². The summed E-state index contributed by atoms with van der Waals surface area (Å²) >= 11 is 0. The van der Waals surface area contributed by atoms with E-state index in [1.54, 1.807) is 7.11 Å². The molecule has 0 aliphatic carbocycles. The summed E-state index contributed by atoms with van der Waals surface area (Å²) in [6, 6.07) is 3.83. The molecule has 3 heteroatoms. The number of methoxy groups -OCH3 is 1. The summed E-state index contributed by atoms with van der Waals surface area (Å²) in [6.45, 7) is 0. The summed E-state index contributed by atoms with van der Waals surface area (Å²) in [5, 5.41) is 0. The molecule has 10 heavy (non-hydrogen) atoms. The van der Waals surface area contributed by atoms with Crippen molar-refractivity contribution in [2.75, 3.05) is 7.11 Å². The van der Waals surface area contributed by atoms with Gasteiger partial charge in [0.15, 0.2) is 12.4 Å². The summed E-state index contributed by atoms with van der Waals surface area (Å²) in [6.07, 6.45) is 3.89. The molecule has 0 aromatic carbocycles. The van der Waals surface area contributed by atoms with E-state index in [0.29, 0.717) is 0 Å². The van der Waals surface area contributed by atoms with Crippen LogP contribution in [-0.4, -0.2) is 7.11 Å². The third kappa shape index (κ3) is 2.51. The normalized spacial score (nSPS) is 8.20. The van der Waals surface area contributed by atoms with E-state index in [-0.39, 0.29) is 24.0 Å². The molecular formula is C7H10INO. The Balaban J connectivity index is 0.000000810. The fraction of sp³-hybridized carbons (Fsp3) is 0.286. The Morgan fingerprint density at radius 3 is 2.20 bits per heavy atom. The molecule has 0 spiro atoms. The molecule has 56 valence electrons. The second kappa shape index (κ2) is 4.49. The van der Waals surface area contributed by atoms with E-state index < -0.39 is 0 Å². The predicted molar refractivity (Wildman–Crippen MR) is 34.2 cm³/mol. The monoisotopic (exact) mass is 251 g/mol. The van der Waals surface area contributed by atoms with Crippen molar-refractivity contribution in [2.24, 2.45) is 7.05 Å². The number of halogens is 1. The van der Waals surface area contributed by atoms with E-state index in [4.69, 9.17) is 4.74 Å². The Hall–Kier alpha value is -0.320. The summed E-state index contributed by atoms with van der Waals surface area (Å²) in [7, 11) is 3.63. The summed E-state index contributed by atoms with van der Waals surface area (Å²) in [5.74, 6) is 0.896. The van der Waals surface area contributed by atoms with E-state index in [2.05, 4.69) is 0 Å².